The van der Waals surface area contributed by atoms with Crippen LogP contribution < -0.4 is 10.6 Å². The van der Waals surface area contributed by atoms with Crippen molar-refractivity contribution in [2.75, 3.05) is 11.9 Å². The summed E-state index contributed by atoms with van der Waals surface area (Å²) in [7, 11) is 2.00. The van der Waals surface area contributed by atoms with E-state index in [9.17, 15) is 0 Å². The van der Waals surface area contributed by atoms with Crippen molar-refractivity contribution in [3.63, 3.8) is 0 Å². The Morgan fingerprint density at radius 3 is 2.45 bits per heavy atom. The van der Waals surface area contributed by atoms with Gasteiger partial charge in [0.05, 0.1) is 17.7 Å². The van der Waals surface area contributed by atoms with Gasteiger partial charge in [0, 0.05) is 31.2 Å². The van der Waals surface area contributed by atoms with E-state index in [4.69, 9.17) is 11.0 Å². The molecule has 1 heterocycles. The first-order chi connectivity index (χ1) is 9.63. The molecule has 0 aliphatic carbocycles. The molecule has 0 spiro atoms. The highest BCUT2D eigenvalue weighted by Gasteiger charge is 2.21. The third-order valence-corrected chi connectivity index (χ3v) is 3.34. The molecule has 0 aliphatic rings. The largest absolute Gasteiger partial charge is 0.366 e. The van der Waals surface area contributed by atoms with Crippen LogP contribution in [0.5, 0.6) is 0 Å². The van der Waals surface area contributed by atoms with Crippen molar-refractivity contribution in [2.45, 2.75) is 19.0 Å². The number of hydrogen-bond acceptors (Lipinski definition) is 4. The van der Waals surface area contributed by atoms with Crippen LogP contribution in [0.15, 0.2) is 48.8 Å². The molecular formula is C16H18N4. The van der Waals surface area contributed by atoms with Crippen molar-refractivity contribution < 1.29 is 0 Å². The van der Waals surface area contributed by atoms with E-state index in [0.717, 1.165) is 11.3 Å². The molecule has 4 nitrogen and oxygen atoms in total. The number of nitriles is 1. The van der Waals surface area contributed by atoms with Gasteiger partial charge >= 0.3 is 0 Å². The number of rotatable bonds is 4. The Labute approximate surface area is 119 Å². The molecule has 0 amide bonds. The fraction of sp³-hybridized carbons (Fsp3) is 0.250. The van der Waals surface area contributed by atoms with Crippen LogP contribution in [0.3, 0.4) is 0 Å². The number of benzene rings is 1. The summed E-state index contributed by atoms with van der Waals surface area (Å²) in [6, 6.07) is 13.6. The Balaban J connectivity index is 2.32. The van der Waals surface area contributed by atoms with E-state index < -0.39 is 0 Å². The minimum atomic E-state index is -0.0418. The zero-order chi connectivity index (χ0) is 14.5. The lowest BCUT2D eigenvalue weighted by molar-refractivity contribution is 0.557. The first kappa shape index (κ1) is 14.0. The van der Waals surface area contributed by atoms with Crippen molar-refractivity contribution in [2.24, 2.45) is 5.73 Å². The number of nitrogens with two attached hydrogens (primary N) is 1. The van der Waals surface area contributed by atoms with Gasteiger partial charge in [-0.3, -0.25) is 4.98 Å². The molecule has 20 heavy (non-hydrogen) atoms. The SMILES string of the molecule is CC(N)C(c1cccnc1)N(C)c1ccc(C#N)cc1. The number of pyridine rings is 1. The standard InChI is InChI=1S/C16H18N4/c1-12(18)16(14-4-3-9-19-11-14)20(2)15-7-5-13(10-17)6-8-15/h3-9,11-12,16H,18H2,1-2H3. The highest BCUT2D eigenvalue weighted by atomic mass is 15.2. The van der Waals surface area contributed by atoms with Crippen molar-refractivity contribution in [3.05, 3.63) is 59.9 Å². The van der Waals surface area contributed by atoms with Crippen molar-refractivity contribution in [1.29, 1.82) is 5.26 Å². The summed E-state index contributed by atoms with van der Waals surface area (Å²) < 4.78 is 0. The zero-order valence-corrected chi connectivity index (χ0v) is 11.7. The van der Waals surface area contributed by atoms with Gasteiger partial charge in [-0.25, -0.2) is 0 Å². The average molecular weight is 266 g/mol. The third-order valence-electron chi connectivity index (χ3n) is 3.34. The van der Waals surface area contributed by atoms with Crippen LogP contribution in [0.25, 0.3) is 0 Å². The summed E-state index contributed by atoms with van der Waals surface area (Å²) in [5.74, 6) is 0. The molecule has 0 fully saturated rings. The lowest BCUT2D eigenvalue weighted by Gasteiger charge is -2.33. The molecule has 2 atom stereocenters. The van der Waals surface area contributed by atoms with Gasteiger partial charge in [-0.1, -0.05) is 6.07 Å². The van der Waals surface area contributed by atoms with Crippen LogP contribution in [-0.4, -0.2) is 18.1 Å². The van der Waals surface area contributed by atoms with E-state index in [1.165, 1.54) is 0 Å². The minimum Gasteiger partial charge on any atom is -0.366 e. The number of hydrogen-bond donors (Lipinski definition) is 1. The maximum absolute atomic E-state index is 8.85. The van der Waals surface area contributed by atoms with Crippen LogP contribution >= 0.6 is 0 Å². The number of likely N-dealkylation sites (N-methyl/N-ethyl adjacent to an activating group) is 1. The van der Waals surface area contributed by atoms with E-state index in [1.54, 1.807) is 6.20 Å². The van der Waals surface area contributed by atoms with Gasteiger partial charge in [0.2, 0.25) is 0 Å². The highest BCUT2D eigenvalue weighted by molar-refractivity contribution is 5.51. The lowest BCUT2D eigenvalue weighted by Crippen LogP contribution is -2.37. The molecule has 0 radical (unpaired) electrons. The van der Waals surface area contributed by atoms with E-state index >= 15 is 0 Å². The molecule has 0 aliphatic heterocycles. The average Bonchev–Trinajstić information content (AvgIpc) is 2.48. The Kier molecular flexibility index (Phi) is 4.34. The zero-order valence-electron chi connectivity index (χ0n) is 11.7. The first-order valence-electron chi connectivity index (χ1n) is 6.52. The van der Waals surface area contributed by atoms with Gasteiger partial charge in [0.25, 0.3) is 0 Å². The molecule has 102 valence electrons. The first-order valence-corrected chi connectivity index (χ1v) is 6.52. The molecule has 1 aromatic heterocycles. The van der Waals surface area contributed by atoms with Crippen LogP contribution in [-0.2, 0) is 0 Å². The van der Waals surface area contributed by atoms with Crippen LogP contribution in [0.4, 0.5) is 5.69 Å². The van der Waals surface area contributed by atoms with Crippen molar-refractivity contribution in [3.8, 4) is 6.07 Å². The number of aromatic nitrogens is 1. The maximum atomic E-state index is 8.85. The van der Waals surface area contributed by atoms with Gasteiger partial charge in [0.1, 0.15) is 0 Å². The van der Waals surface area contributed by atoms with Crippen LogP contribution in [0.1, 0.15) is 24.1 Å². The molecule has 2 unspecified atom stereocenters. The summed E-state index contributed by atoms with van der Waals surface area (Å²) in [4.78, 5) is 6.28. The van der Waals surface area contributed by atoms with E-state index in [1.807, 2.05) is 56.6 Å². The molecule has 0 bridgehead atoms. The fourth-order valence-electron chi connectivity index (χ4n) is 2.36. The van der Waals surface area contributed by atoms with Gasteiger partial charge in [-0.2, -0.15) is 5.26 Å². The predicted molar refractivity (Wildman–Crippen MR) is 80.2 cm³/mol. The maximum Gasteiger partial charge on any atom is 0.0991 e. The molecule has 1 aromatic carbocycles. The van der Waals surface area contributed by atoms with Crippen molar-refractivity contribution in [1.82, 2.24) is 4.98 Å². The summed E-state index contributed by atoms with van der Waals surface area (Å²) >= 11 is 0. The Bertz CT molecular complexity index is 584. The molecular weight excluding hydrogens is 248 g/mol. The predicted octanol–water partition coefficient (Wildman–Crippen LogP) is 2.48. The minimum absolute atomic E-state index is 0.0386. The Morgan fingerprint density at radius 2 is 1.95 bits per heavy atom. The van der Waals surface area contributed by atoms with Gasteiger partial charge in [0.15, 0.2) is 0 Å². The van der Waals surface area contributed by atoms with E-state index in [2.05, 4.69) is 16.0 Å². The summed E-state index contributed by atoms with van der Waals surface area (Å²) in [6.45, 7) is 1.98. The Morgan fingerprint density at radius 1 is 1.25 bits per heavy atom. The Hall–Kier alpha value is -2.38. The normalized spacial score (nSPS) is 13.3. The van der Waals surface area contributed by atoms with E-state index in [0.29, 0.717) is 5.56 Å². The molecule has 2 N–H and O–H groups in total. The lowest BCUT2D eigenvalue weighted by atomic mass is 10.0. The monoisotopic (exact) mass is 266 g/mol. The van der Waals surface area contributed by atoms with Gasteiger partial charge in [-0.05, 0) is 42.8 Å². The molecule has 2 rings (SSSR count). The van der Waals surface area contributed by atoms with Crippen LogP contribution in [0.2, 0.25) is 0 Å². The summed E-state index contributed by atoms with van der Waals surface area (Å²) in [6.07, 6.45) is 3.59. The number of anilines is 1. The topological polar surface area (TPSA) is 65.9 Å². The second-order valence-corrected chi connectivity index (χ2v) is 4.86. The van der Waals surface area contributed by atoms with Gasteiger partial charge < -0.3 is 10.6 Å². The highest BCUT2D eigenvalue weighted by Crippen LogP contribution is 2.27. The molecule has 0 saturated heterocycles. The quantitative estimate of drug-likeness (QED) is 0.923. The second-order valence-electron chi connectivity index (χ2n) is 4.86. The summed E-state index contributed by atoms with van der Waals surface area (Å²) in [5, 5.41) is 8.85. The second kappa shape index (κ2) is 6.18. The molecule has 2 aromatic rings. The summed E-state index contributed by atoms with van der Waals surface area (Å²) in [5.41, 5.74) is 8.90. The van der Waals surface area contributed by atoms with Gasteiger partial charge in [-0.15, -0.1) is 0 Å². The number of nitrogens with zero attached hydrogens (tertiary/aromatic N) is 3. The van der Waals surface area contributed by atoms with E-state index in [-0.39, 0.29) is 12.1 Å². The van der Waals surface area contributed by atoms with Crippen LogP contribution in [0, 0.1) is 11.3 Å². The molecule has 4 heteroatoms. The fourth-order valence-corrected chi connectivity index (χ4v) is 2.36. The smallest absolute Gasteiger partial charge is 0.0991 e. The molecule has 0 saturated carbocycles. The van der Waals surface area contributed by atoms with Crippen molar-refractivity contribution >= 4 is 5.69 Å². The third kappa shape index (κ3) is 2.95.